The predicted octanol–water partition coefficient (Wildman–Crippen LogP) is 1.16. The van der Waals surface area contributed by atoms with Gasteiger partial charge in [-0.25, -0.2) is 0 Å². The van der Waals surface area contributed by atoms with E-state index in [4.69, 9.17) is 4.74 Å². The average molecular weight is 189 g/mol. The molecule has 0 heterocycles. The largest absolute Gasteiger partial charge is 0.389 e. The summed E-state index contributed by atoms with van der Waals surface area (Å²) in [6.07, 6.45) is 1.84. The summed E-state index contributed by atoms with van der Waals surface area (Å²) in [6, 6.07) is 0.422. The number of hydrogen-bond acceptors (Lipinski definition) is 3. The quantitative estimate of drug-likeness (QED) is 0.563. The second kappa shape index (κ2) is 8.48. The summed E-state index contributed by atoms with van der Waals surface area (Å²) < 4.78 is 5.28. The first-order chi connectivity index (χ1) is 6.16. The Morgan fingerprint density at radius 1 is 1.38 bits per heavy atom. The zero-order valence-corrected chi connectivity index (χ0v) is 9.05. The highest BCUT2D eigenvalue weighted by atomic mass is 16.5. The molecule has 0 radical (unpaired) electrons. The molecule has 0 spiro atoms. The lowest BCUT2D eigenvalue weighted by Gasteiger charge is -2.13. The van der Waals surface area contributed by atoms with Crippen LogP contribution in [0.2, 0.25) is 0 Å². The van der Waals surface area contributed by atoms with Gasteiger partial charge in [0, 0.05) is 19.2 Å². The van der Waals surface area contributed by atoms with Gasteiger partial charge in [0.05, 0.1) is 12.7 Å². The molecule has 0 fully saturated rings. The molecule has 0 aromatic heterocycles. The molecule has 0 aromatic rings. The van der Waals surface area contributed by atoms with Crippen molar-refractivity contribution in [1.82, 2.24) is 5.32 Å². The van der Waals surface area contributed by atoms with Crippen molar-refractivity contribution >= 4 is 0 Å². The molecule has 1 atom stereocenters. The van der Waals surface area contributed by atoms with Crippen LogP contribution >= 0.6 is 0 Å². The van der Waals surface area contributed by atoms with Gasteiger partial charge in [-0.2, -0.15) is 0 Å². The molecule has 13 heavy (non-hydrogen) atoms. The Kier molecular flexibility index (Phi) is 8.40. The average Bonchev–Trinajstić information content (AvgIpc) is 2.09. The lowest BCUT2D eigenvalue weighted by atomic mass is 10.3. The molecule has 0 aromatic carbocycles. The molecule has 0 bridgehead atoms. The molecule has 0 aliphatic heterocycles. The minimum absolute atomic E-state index is 0.376. The molecule has 0 amide bonds. The Balaban J connectivity index is 3.15. The van der Waals surface area contributed by atoms with Crippen molar-refractivity contribution in [3.8, 4) is 0 Å². The Morgan fingerprint density at radius 3 is 2.62 bits per heavy atom. The minimum atomic E-state index is -0.376. The molecule has 0 saturated heterocycles. The molecule has 80 valence electrons. The fourth-order valence-electron chi connectivity index (χ4n) is 0.896. The summed E-state index contributed by atoms with van der Waals surface area (Å²) in [7, 11) is 0. The van der Waals surface area contributed by atoms with E-state index in [1.54, 1.807) is 0 Å². The summed E-state index contributed by atoms with van der Waals surface area (Å²) in [6.45, 7) is 8.06. The zero-order chi connectivity index (χ0) is 10.1. The van der Waals surface area contributed by atoms with Crippen LogP contribution < -0.4 is 5.32 Å². The van der Waals surface area contributed by atoms with Gasteiger partial charge in [0.1, 0.15) is 0 Å². The van der Waals surface area contributed by atoms with E-state index in [1.807, 2.05) is 0 Å². The predicted molar refractivity (Wildman–Crippen MR) is 54.9 cm³/mol. The lowest BCUT2D eigenvalue weighted by Crippen LogP contribution is -2.34. The number of aliphatic hydroxyl groups excluding tert-OH is 1. The highest BCUT2D eigenvalue weighted by Crippen LogP contribution is 1.90. The second-order valence-corrected chi connectivity index (χ2v) is 3.65. The van der Waals surface area contributed by atoms with E-state index >= 15 is 0 Å². The van der Waals surface area contributed by atoms with E-state index in [2.05, 4.69) is 26.1 Å². The fraction of sp³-hybridized carbons (Fsp3) is 1.00. The highest BCUT2D eigenvalue weighted by Gasteiger charge is 2.03. The Hall–Kier alpha value is -0.120. The van der Waals surface area contributed by atoms with Gasteiger partial charge in [0.25, 0.3) is 0 Å². The van der Waals surface area contributed by atoms with Crippen LogP contribution in [0.3, 0.4) is 0 Å². The van der Waals surface area contributed by atoms with Gasteiger partial charge < -0.3 is 15.2 Å². The number of ether oxygens (including phenoxy) is 1. The van der Waals surface area contributed by atoms with Crippen molar-refractivity contribution in [2.24, 2.45) is 0 Å². The normalized spacial score (nSPS) is 13.6. The van der Waals surface area contributed by atoms with E-state index in [0.717, 1.165) is 19.4 Å². The first kappa shape index (κ1) is 12.9. The molecule has 0 saturated carbocycles. The third kappa shape index (κ3) is 9.80. The van der Waals surface area contributed by atoms with Crippen LogP contribution in [0.15, 0.2) is 0 Å². The summed E-state index contributed by atoms with van der Waals surface area (Å²) in [4.78, 5) is 0. The van der Waals surface area contributed by atoms with E-state index in [9.17, 15) is 5.11 Å². The van der Waals surface area contributed by atoms with Crippen LogP contribution in [0.4, 0.5) is 0 Å². The SMILES string of the molecule is CCCCOC[C@H](O)CNC(C)C. The molecule has 3 nitrogen and oxygen atoms in total. The topological polar surface area (TPSA) is 41.5 Å². The van der Waals surface area contributed by atoms with Crippen LogP contribution in [-0.4, -0.2) is 37.0 Å². The maximum Gasteiger partial charge on any atom is 0.0897 e. The van der Waals surface area contributed by atoms with Crippen molar-refractivity contribution in [3.63, 3.8) is 0 Å². The molecule has 0 aliphatic carbocycles. The van der Waals surface area contributed by atoms with Crippen molar-refractivity contribution in [1.29, 1.82) is 0 Å². The van der Waals surface area contributed by atoms with Gasteiger partial charge in [0.15, 0.2) is 0 Å². The van der Waals surface area contributed by atoms with Gasteiger partial charge in [-0.15, -0.1) is 0 Å². The van der Waals surface area contributed by atoms with Crippen molar-refractivity contribution in [3.05, 3.63) is 0 Å². The maximum absolute atomic E-state index is 9.41. The van der Waals surface area contributed by atoms with Crippen LogP contribution in [0.5, 0.6) is 0 Å². The standard InChI is InChI=1S/C10H23NO2/c1-4-5-6-13-8-10(12)7-11-9(2)3/h9-12H,4-8H2,1-3H3/t10-/m1/s1. The van der Waals surface area contributed by atoms with E-state index in [1.165, 1.54) is 0 Å². The number of hydrogen-bond donors (Lipinski definition) is 2. The lowest BCUT2D eigenvalue weighted by molar-refractivity contribution is 0.0351. The van der Waals surface area contributed by atoms with Crippen LogP contribution in [0, 0.1) is 0 Å². The number of aliphatic hydroxyl groups is 1. The van der Waals surface area contributed by atoms with Gasteiger partial charge in [-0.05, 0) is 6.42 Å². The number of unbranched alkanes of at least 4 members (excludes halogenated alkanes) is 1. The summed E-state index contributed by atoms with van der Waals surface area (Å²) in [5.41, 5.74) is 0. The Labute approximate surface area is 81.5 Å². The van der Waals surface area contributed by atoms with Crippen LogP contribution in [-0.2, 0) is 4.74 Å². The monoisotopic (exact) mass is 189 g/mol. The summed E-state index contributed by atoms with van der Waals surface area (Å²) in [5, 5.41) is 12.6. The van der Waals surface area contributed by atoms with Gasteiger partial charge in [-0.1, -0.05) is 27.2 Å². The molecule has 0 unspecified atom stereocenters. The Bertz CT molecular complexity index is 107. The molecular formula is C10H23NO2. The highest BCUT2D eigenvalue weighted by molar-refractivity contribution is 4.60. The fourth-order valence-corrected chi connectivity index (χ4v) is 0.896. The van der Waals surface area contributed by atoms with Crippen molar-refractivity contribution in [2.45, 2.75) is 45.8 Å². The zero-order valence-electron chi connectivity index (χ0n) is 9.05. The molecule has 2 N–H and O–H groups in total. The second-order valence-electron chi connectivity index (χ2n) is 3.65. The molecule has 3 heteroatoms. The Morgan fingerprint density at radius 2 is 2.08 bits per heavy atom. The molecule has 0 aliphatic rings. The third-order valence-electron chi connectivity index (χ3n) is 1.71. The van der Waals surface area contributed by atoms with Gasteiger partial charge in [0.2, 0.25) is 0 Å². The number of nitrogens with one attached hydrogen (secondary N) is 1. The summed E-state index contributed by atoms with van der Waals surface area (Å²) in [5.74, 6) is 0. The van der Waals surface area contributed by atoms with Crippen LogP contribution in [0.25, 0.3) is 0 Å². The van der Waals surface area contributed by atoms with Gasteiger partial charge in [-0.3, -0.25) is 0 Å². The van der Waals surface area contributed by atoms with Crippen LogP contribution in [0.1, 0.15) is 33.6 Å². The number of rotatable bonds is 8. The molecular weight excluding hydrogens is 166 g/mol. The van der Waals surface area contributed by atoms with Crippen molar-refractivity contribution < 1.29 is 9.84 Å². The first-order valence-corrected chi connectivity index (χ1v) is 5.16. The van der Waals surface area contributed by atoms with Gasteiger partial charge >= 0.3 is 0 Å². The van der Waals surface area contributed by atoms with E-state index < -0.39 is 0 Å². The van der Waals surface area contributed by atoms with Crippen molar-refractivity contribution in [2.75, 3.05) is 19.8 Å². The minimum Gasteiger partial charge on any atom is -0.389 e. The third-order valence-corrected chi connectivity index (χ3v) is 1.71. The maximum atomic E-state index is 9.41. The van der Waals surface area contributed by atoms with E-state index in [0.29, 0.717) is 19.2 Å². The first-order valence-electron chi connectivity index (χ1n) is 5.16. The summed E-state index contributed by atoms with van der Waals surface area (Å²) >= 11 is 0. The molecule has 0 rings (SSSR count). The van der Waals surface area contributed by atoms with E-state index in [-0.39, 0.29) is 6.10 Å². The smallest absolute Gasteiger partial charge is 0.0897 e.